The van der Waals surface area contributed by atoms with Gasteiger partial charge in [0.1, 0.15) is 0 Å². The van der Waals surface area contributed by atoms with Crippen molar-refractivity contribution in [2.45, 2.75) is 43.7 Å². The molecule has 1 aliphatic carbocycles. The molecule has 0 heterocycles. The molecule has 0 aromatic heterocycles. The van der Waals surface area contributed by atoms with E-state index in [1.165, 1.54) is 6.42 Å². The van der Waals surface area contributed by atoms with Crippen LogP contribution in [0.2, 0.25) is 0 Å². The van der Waals surface area contributed by atoms with Gasteiger partial charge in [0.05, 0.1) is 19.3 Å². The van der Waals surface area contributed by atoms with Gasteiger partial charge in [-0.1, -0.05) is 19.3 Å². The number of hydrogen-bond donors (Lipinski definition) is 4. The van der Waals surface area contributed by atoms with Crippen molar-refractivity contribution in [2.75, 3.05) is 19.8 Å². The molecule has 1 unspecified atom stereocenters. The molecule has 0 amide bonds. The number of aliphatic hydroxyl groups excluding tert-OH is 3. The Kier molecular flexibility index (Phi) is 4.81. The Balaban J connectivity index is 2.36. The summed E-state index contributed by atoms with van der Waals surface area (Å²) in [4.78, 5) is 0. The summed E-state index contributed by atoms with van der Waals surface area (Å²) in [6.07, 6.45) is 4.68. The van der Waals surface area contributed by atoms with Gasteiger partial charge in [0.15, 0.2) is 0 Å². The van der Waals surface area contributed by atoms with Gasteiger partial charge in [-0.2, -0.15) is 0 Å². The van der Waals surface area contributed by atoms with Crippen molar-refractivity contribution in [1.29, 1.82) is 0 Å². The molecule has 1 fully saturated rings. The molecule has 84 valence electrons. The van der Waals surface area contributed by atoms with E-state index in [2.05, 4.69) is 5.32 Å². The van der Waals surface area contributed by atoms with Crippen LogP contribution >= 0.6 is 0 Å². The van der Waals surface area contributed by atoms with E-state index in [9.17, 15) is 10.2 Å². The normalized spacial score (nSPS) is 23.4. The average Bonchev–Trinajstić information content (AvgIpc) is 2.27. The van der Waals surface area contributed by atoms with Crippen molar-refractivity contribution in [3.8, 4) is 0 Å². The van der Waals surface area contributed by atoms with Crippen molar-refractivity contribution in [3.05, 3.63) is 0 Å². The number of rotatable bonds is 5. The Morgan fingerprint density at radius 2 is 1.79 bits per heavy atom. The third kappa shape index (κ3) is 3.20. The van der Waals surface area contributed by atoms with E-state index >= 15 is 0 Å². The first kappa shape index (κ1) is 11.9. The van der Waals surface area contributed by atoms with Crippen molar-refractivity contribution in [3.63, 3.8) is 0 Å². The van der Waals surface area contributed by atoms with Gasteiger partial charge in [-0.3, -0.25) is 0 Å². The molecule has 1 saturated carbocycles. The van der Waals surface area contributed by atoms with Crippen LogP contribution < -0.4 is 5.32 Å². The molecular formula is C10H21NO3. The predicted octanol–water partition coefficient (Wildman–Crippen LogP) is -0.376. The minimum absolute atomic E-state index is 0.116. The zero-order valence-electron chi connectivity index (χ0n) is 8.58. The molecule has 0 aliphatic heterocycles. The predicted molar refractivity (Wildman–Crippen MR) is 54.0 cm³/mol. The number of aliphatic hydroxyl groups is 3. The Bertz CT molecular complexity index is 157. The fourth-order valence-electron chi connectivity index (χ4n) is 2.02. The van der Waals surface area contributed by atoms with Crippen molar-refractivity contribution in [2.24, 2.45) is 0 Å². The summed E-state index contributed by atoms with van der Waals surface area (Å²) in [7, 11) is 0. The first-order valence-electron chi connectivity index (χ1n) is 5.37. The van der Waals surface area contributed by atoms with Gasteiger partial charge in [0.25, 0.3) is 0 Å². The topological polar surface area (TPSA) is 72.7 Å². The molecule has 1 rings (SSSR count). The standard InChI is InChI=1S/C10H21NO3/c12-7-9(14)6-11-10(8-13)4-2-1-3-5-10/h9,11-14H,1-8H2. The maximum Gasteiger partial charge on any atom is 0.0895 e. The van der Waals surface area contributed by atoms with Gasteiger partial charge in [-0.25, -0.2) is 0 Å². The van der Waals surface area contributed by atoms with E-state index in [1.807, 2.05) is 0 Å². The minimum atomic E-state index is -0.722. The second kappa shape index (κ2) is 5.66. The number of β-amino-alcohol motifs (C(OH)–C–C–N with tert-alkyl or cyclic N) is 1. The van der Waals surface area contributed by atoms with E-state index in [0.717, 1.165) is 25.7 Å². The molecule has 4 N–H and O–H groups in total. The fourth-order valence-corrected chi connectivity index (χ4v) is 2.02. The fraction of sp³-hybridized carbons (Fsp3) is 1.00. The van der Waals surface area contributed by atoms with Gasteiger partial charge in [0, 0.05) is 12.1 Å². The van der Waals surface area contributed by atoms with Crippen molar-refractivity contribution in [1.82, 2.24) is 5.32 Å². The van der Waals surface area contributed by atoms with Crippen LogP contribution in [0.25, 0.3) is 0 Å². The third-order valence-corrected chi connectivity index (χ3v) is 3.04. The lowest BCUT2D eigenvalue weighted by Gasteiger charge is -2.37. The Labute approximate surface area is 85.0 Å². The second-order valence-electron chi connectivity index (χ2n) is 4.22. The molecule has 14 heavy (non-hydrogen) atoms. The molecule has 0 spiro atoms. The highest BCUT2D eigenvalue weighted by Crippen LogP contribution is 2.27. The van der Waals surface area contributed by atoms with Crippen LogP contribution in [0, 0.1) is 0 Å². The van der Waals surface area contributed by atoms with E-state index in [-0.39, 0.29) is 18.8 Å². The van der Waals surface area contributed by atoms with Crippen LogP contribution in [0.5, 0.6) is 0 Å². The van der Waals surface area contributed by atoms with Gasteiger partial charge in [-0.05, 0) is 12.8 Å². The van der Waals surface area contributed by atoms with Crippen LogP contribution in [-0.4, -0.2) is 46.7 Å². The molecule has 0 radical (unpaired) electrons. The minimum Gasteiger partial charge on any atom is -0.394 e. The molecule has 4 heteroatoms. The van der Waals surface area contributed by atoms with Gasteiger partial charge in [0.2, 0.25) is 0 Å². The lowest BCUT2D eigenvalue weighted by molar-refractivity contribution is 0.0645. The molecule has 0 bridgehead atoms. The van der Waals surface area contributed by atoms with Crippen molar-refractivity contribution >= 4 is 0 Å². The van der Waals surface area contributed by atoms with Gasteiger partial charge < -0.3 is 20.6 Å². The monoisotopic (exact) mass is 203 g/mol. The lowest BCUT2D eigenvalue weighted by Crippen LogP contribution is -2.52. The molecule has 0 aromatic rings. The zero-order valence-corrected chi connectivity index (χ0v) is 8.58. The highest BCUT2D eigenvalue weighted by atomic mass is 16.3. The summed E-state index contributed by atoms with van der Waals surface area (Å²) in [5, 5.41) is 30.4. The zero-order chi connectivity index (χ0) is 10.4. The quantitative estimate of drug-likeness (QED) is 0.492. The van der Waals surface area contributed by atoms with Crippen molar-refractivity contribution < 1.29 is 15.3 Å². The molecular weight excluding hydrogens is 182 g/mol. The first-order chi connectivity index (χ1) is 6.72. The lowest BCUT2D eigenvalue weighted by atomic mass is 9.82. The number of hydrogen-bond acceptors (Lipinski definition) is 4. The summed E-state index contributed by atoms with van der Waals surface area (Å²) in [5.74, 6) is 0. The van der Waals surface area contributed by atoms with E-state index in [0.29, 0.717) is 6.54 Å². The average molecular weight is 203 g/mol. The summed E-state index contributed by atoms with van der Waals surface area (Å²) in [6.45, 7) is 0.247. The SMILES string of the molecule is OCC(O)CNC1(CO)CCCCC1. The summed E-state index contributed by atoms with van der Waals surface area (Å²) in [6, 6.07) is 0. The molecule has 4 nitrogen and oxygen atoms in total. The van der Waals surface area contributed by atoms with Crippen LogP contribution in [0.4, 0.5) is 0 Å². The molecule has 0 aromatic carbocycles. The molecule has 0 saturated heterocycles. The smallest absolute Gasteiger partial charge is 0.0895 e. The summed E-state index contributed by atoms with van der Waals surface area (Å²) < 4.78 is 0. The van der Waals surface area contributed by atoms with E-state index < -0.39 is 6.10 Å². The first-order valence-corrected chi connectivity index (χ1v) is 5.37. The van der Waals surface area contributed by atoms with Crippen LogP contribution in [-0.2, 0) is 0 Å². The summed E-state index contributed by atoms with van der Waals surface area (Å²) >= 11 is 0. The van der Waals surface area contributed by atoms with E-state index in [4.69, 9.17) is 5.11 Å². The highest BCUT2D eigenvalue weighted by Gasteiger charge is 2.30. The number of nitrogens with one attached hydrogen (secondary N) is 1. The van der Waals surface area contributed by atoms with E-state index in [1.54, 1.807) is 0 Å². The third-order valence-electron chi connectivity index (χ3n) is 3.04. The Morgan fingerprint density at radius 1 is 1.14 bits per heavy atom. The molecule has 1 aliphatic rings. The largest absolute Gasteiger partial charge is 0.394 e. The Hall–Kier alpha value is -0.160. The van der Waals surface area contributed by atoms with Crippen LogP contribution in [0.1, 0.15) is 32.1 Å². The maximum absolute atomic E-state index is 9.32. The summed E-state index contributed by atoms with van der Waals surface area (Å²) in [5.41, 5.74) is -0.214. The maximum atomic E-state index is 9.32. The molecule has 1 atom stereocenters. The highest BCUT2D eigenvalue weighted by molar-refractivity contribution is 4.90. The van der Waals surface area contributed by atoms with Gasteiger partial charge in [-0.15, -0.1) is 0 Å². The van der Waals surface area contributed by atoms with Crippen LogP contribution in [0.3, 0.4) is 0 Å². The van der Waals surface area contributed by atoms with Gasteiger partial charge >= 0.3 is 0 Å². The second-order valence-corrected chi connectivity index (χ2v) is 4.22. The Morgan fingerprint density at radius 3 is 2.29 bits per heavy atom. The van der Waals surface area contributed by atoms with Crippen LogP contribution in [0.15, 0.2) is 0 Å².